The standard InChI is InChI=1S/C20H20N4OS2/c1-3-26-20-22-21-19-23(14-10-6-4-8-12(14)2)17(25)16-13-9-5-7-11-15(13)27-18(16)24(19)20/h4,6,8,10H,3,5,7,9,11H2,1-2H3. The van der Waals surface area contributed by atoms with Gasteiger partial charge in [0.05, 0.1) is 11.1 Å². The van der Waals surface area contributed by atoms with Crippen LogP contribution in [-0.2, 0) is 12.8 Å². The molecule has 27 heavy (non-hydrogen) atoms. The Morgan fingerprint density at radius 1 is 1.19 bits per heavy atom. The summed E-state index contributed by atoms with van der Waals surface area (Å²) < 4.78 is 3.85. The van der Waals surface area contributed by atoms with Crippen molar-refractivity contribution < 1.29 is 0 Å². The van der Waals surface area contributed by atoms with Gasteiger partial charge < -0.3 is 0 Å². The number of hydrogen-bond donors (Lipinski definition) is 0. The number of aromatic nitrogens is 4. The van der Waals surface area contributed by atoms with Crippen molar-refractivity contribution in [3.8, 4) is 5.69 Å². The van der Waals surface area contributed by atoms with Gasteiger partial charge in [0.15, 0.2) is 5.16 Å². The lowest BCUT2D eigenvalue weighted by atomic mass is 9.97. The van der Waals surface area contributed by atoms with E-state index >= 15 is 0 Å². The third-order valence-electron chi connectivity index (χ3n) is 5.22. The Bertz CT molecular complexity index is 1230. The van der Waals surface area contributed by atoms with Gasteiger partial charge in [-0.15, -0.1) is 21.5 Å². The highest BCUT2D eigenvalue weighted by atomic mass is 32.2. The molecule has 0 spiro atoms. The fraction of sp³-hybridized carbons (Fsp3) is 0.350. The van der Waals surface area contributed by atoms with E-state index in [4.69, 9.17) is 0 Å². The molecule has 3 heterocycles. The second-order valence-corrected chi connectivity index (χ2v) is 9.18. The number of hydrogen-bond acceptors (Lipinski definition) is 5. The van der Waals surface area contributed by atoms with Crippen LogP contribution >= 0.6 is 23.1 Å². The summed E-state index contributed by atoms with van der Waals surface area (Å²) in [6, 6.07) is 7.98. The molecule has 0 fully saturated rings. The molecule has 1 aromatic carbocycles. The van der Waals surface area contributed by atoms with Crippen molar-refractivity contribution in [1.82, 2.24) is 19.2 Å². The van der Waals surface area contributed by atoms with Gasteiger partial charge in [0.25, 0.3) is 5.56 Å². The van der Waals surface area contributed by atoms with Gasteiger partial charge in [-0.2, -0.15) is 0 Å². The molecule has 5 rings (SSSR count). The minimum absolute atomic E-state index is 0.0339. The number of thioether (sulfide) groups is 1. The third kappa shape index (κ3) is 2.48. The number of rotatable bonds is 3. The molecule has 0 aliphatic heterocycles. The van der Waals surface area contributed by atoms with Crippen LogP contribution in [0, 0.1) is 6.92 Å². The average Bonchev–Trinajstić information content (AvgIpc) is 3.25. The van der Waals surface area contributed by atoms with Crippen LogP contribution in [0.5, 0.6) is 0 Å². The Morgan fingerprint density at radius 3 is 2.81 bits per heavy atom. The lowest BCUT2D eigenvalue weighted by molar-refractivity contribution is 0.699. The zero-order valence-corrected chi connectivity index (χ0v) is 17.0. The number of fused-ring (bicyclic) bond motifs is 5. The van der Waals surface area contributed by atoms with E-state index in [1.54, 1.807) is 27.7 Å². The molecule has 0 amide bonds. The molecular formula is C20H20N4OS2. The zero-order valence-electron chi connectivity index (χ0n) is 15.4. The Labute approximate surface area is 165 Å². The second kappa shape index (κ2) is 6.49. The number of thiophene rings is 1. The average molecular weight is 397 g/mol. The first kappa shape index (κ1) is 17.0. The first-order chi connectivity index (χ1) is 13.2. The van der Waals surface area contributed by atoms with Crippen molar-refractivity contribution in [2.45, 2.75) is 44.7 Å². The molecule has 3 aromatic heterocycles. The maximum Gasteiger partial charge on any atom is 0.268 e. The monoisotopic (exact) mass is 396 g/mol. The quantitative estimate of drug-likeness (QED) is 0.482. The van der Waals surface area contributed by atoms with Gasteiger partial charge in [0.1, 0.15) is 4.83 Å². The van der Waals surface area contributed by atoms with Crippen molar-refractivity contribution in [2.24, 2.45) is 0 Å². The van der Waals surface area contributed by atoms with E-state index in [9.17, 15) is 4.79 Å². The Hall–Kier alpha value is -2.12. The highest BCUT2D eigenvalue weighted by Gasteiger charge is 2.25. The highest BCUT2D eigenvalue weighted by molar-refractivity contribution is 7.99. The Balaban J connectivity index is 1.99. The van der Waals surface area contributed by atoms with Crippen LogP contribution in [0.3, 0.4) is 0 Å². The molecule has 0 saturated heterocycles. The number of benzene rings is 1. The molecule has 1 aliphatic carbocycles. The van der Waals surface area contributed by atoms with E-state index in [0.717, 1.165) is 51.6 Å². The zero-order chi connectivity index (χ0) is 18.5. The van der Waals surface area contributed by atoms with Crippen LogP contribution in [0.25, 0.3) is 21.7 Å². The van der Waals surface area contributed by atoms with Crippen LogP contribution in [-0.4, -0.2) is 24.9 Å². The summed E-state index contributed by atoms with van der Waals surface area (Å²) in [5.41, 5.74) is 3.21. The number of nitrogens with zero attached hydrogens (tertiary/aromatic N) is 4. The molecule has 0 N–H and O–H groups in total. The minimum atomic E-state index is 0.0339. The van der Waals surface area contributed by atoms with E-state index in [1.165, 1.54) is 16.9 Å². The van der Waals surface area contributed by atoms with Gasteiger partial charge in [0.2, 0.25) is 5.78 Å². The van der Waals surface area contributed by atoms with E-state index in [-0.39, 0.29) is 5.56 Å². The fourth-order valence-corrected chi connectivity index (χ4v) is 6.07. The maximum atomic E-state index is 13.7. The van der Waals surface area contributed by atoms with Crippen molar-refractivity contribution in [3.63, 3.8) is 0 Å². The molecule has 0 unspecified atom stereocenters. The summed E-state index contributed by atoms with van der Waals surface area (Å²) >= 11 is 3.42. The lowest BCUT2D eigenvalue weighted by Gasteiger charge is -2.13. The summed E-state index contributed by atoms with van der Waals surface area (Å²) in [6.45, 7) is 4.14. The molecule has 7 heteroatoms. The summed E-state index contributed by atoms with van der Waals surface area (Å²) in [5.74, 6) is 1.52. The number of aryl methyl sites for hydroxylation is 3. The van der Waals surface area contributed by atoms with Gasteiger partial charge in [-0.3, -0.25) is 4.79 Å². The van der Waals surface area contributed by atoms with Gasteiger partial charge in [0, 0.05) is 4.88 Å². The van der Waals surface area contributed by atoms with Crippen molar-refractivity contribution in [3.05, 3.63) is 50.6 Å². The molecule has 0 bridgehead atoms. The predicted octanol–water partition coefficient (Wildman–Crippen LogP) is 4.39. The number of para-hydroxylation sites is 1. The fourth-order valence-electron chi connectivity index (χ4n) is 3.97. The van der Waals surface area contributed by atoms with E-state index in [1.807, 2.05) is 31.2 Å². The van der Waals surface area contributed by atoms with Gasteiger partial charge in [-0.1, -0.05) is 36.9 Å². The third-order valence-corrected chi connectivity index (χ3v) is 7.31. The smallest absolute Gasteiger partial charge is 0.268 e. The van der Waals surface area contributed by atoms with E-state index in [0.29, 0.717) is 5.78 Å². The maximum absolute atomic E-state index is 13.7. The largest absolute Gasteiger partial charge is 0.268 e. The Kier molecular flexibility index (Phi) is 4.09. The van der Waals surface area contributed by atoms with E-state index in [2.05, 4.69) is 21.5 Å². The molecule has 1 aliphatic rings. The minimum Gasteiger partial charge on any atom is -0.268 e. The molecule has 4 aromatic rings. The van der Waals surface area contributed by atoms with Crippen LogP contribution in [0.4, 0.5) is 0 Å². The summed E-state index contributed by atoms with van der Waals surface area (Å²) in [6.07, 6.45) is 4.41. The van der Waals surface area contributed by atoms with Gasteiger partial charge >= 0.3 is 0 Å². The van der Waals surface area contributed by atoms with Gasteiger partial charge in [-0.05, 0) is 55.6 Å². The van der Waals surface area contributed by atoms with Crippen LogP contribution in [0.1, 0.15) is 35.8 Å². The first-order valence-corrected chi connectivity index (χ1v) is 11.1. The second-order valence-electron chi connectivity index (χ2n) is 6.87. The van der Waals surface area contributed by atoms with Crippen LogP contribution < -0.4 is 5.56 Å². The predicted molar refractivity (Wildman–Crippen MR) is 112 cm³/mol. The molecule has 0 radical (unpaired) electrons. The van der Waals surface area contributed by atoms with Crippen molar-refractivity contribution in [1.29, 1.82) is 0 Å². The molecule has 138 valence electrons. The highest BCUT2D eigenvalue weighted by Crippen LogP contribution is 2.36. The summed E-state index contributed by atoms with van der Waals surface area (Å²) in [7, 11) is 0. The topological polar surface area (TPSA) is 52.2 Å². The van der Waals surface area contributed by atoms with Crippen molar-refractivity contribution >= 4 is 39.1 Å². The molecule has 0 saturated carbocycles. The van der Waals surface area contributed by atoms with Gasteiger partial charge in [-0.25, -0.2) is 8.97 Å². The van der Waals surface area contributed by atoms with Crippen LogP contribution in [0.15, 0.2) is 34.2 Å². The summed E-state index contributed by atoms with van der Waals surface area (Å²) in [5, 5.41) is 10.6. The first-order valence-electron chi connectivity index (χ1n) is 9.34. The molecule has 0 atom stereocenters. The molecular weight excluding hydrogens is 376 g/mol. The van der Waals surface area contributed by atoms with Crippen molar-refractivity contribution in [2.75, 3.05) is 5.75 Å². The van der Waals surface area contributed by atoms with Crippen LogP contribution in [0.2, 0.25) is 0 Å². The SMILES string of the molecule is CCSc1nnc2n(-c3ccccc3C)c(=O)c3c4c(sc3n12)CCCC4. The summed E-state index contributed by atoms with van der Waals surface area (Å²) in [4.78, 5) is 16.0. The normalized spacial score (nSPS) is 14.1. The Morgan fingerprint density at radius 2 is 2.00 bits per heavy atom. The molecule has 5 nitrogen and oxygen atoms in total. The lowest BCUT2D eigenvalue weighted by Crippen LogP contribution is -2.23. The van der Waals surface area contributed by atoms with E-state index < -0.39 is 0 Å².